The summed E-state index contributed by atoms with van der Waals surface area (Å²) in [4.78, 5) is 0. The fourth-order valence-corrected chi connectivity index (χ4v) is 3.39. The molecule has 0 spiro atoms. The lowest BCUT2D eigenvalue weighted by Crippen LogP contribution is -2.10. The number of anilines is 1. The fourth-order valence-electron chi connectivity index (χ4n) is 2.59. The lowest BCUT2D eigenvalue weighted by Gasteiger charge is -2.11. The van der Waals surface area contributed by atoms with Crippen molar-refractivity contribution in [3.05, 3.63) is 30.1 Å². The van der Waals surface area contributed by atoms with Crippen molar-refractivity contribution in [3.63, 3.8) is 0 Å². The van der Waals surface area contributed by atoms with Gasteiger partial charge in [0, 0.05) is 18.0 Å². The van der Waals surface area contributed by atoms with Crippen LogP contribution in [-0.4, -0.2) is 32.5 Å². The Labute approximate surface area is 127 Å². The first-order valence-corrected chi connectivity index (χ1v) is 8.21. The molecule has 112 valence electrons. The van der Waals surface area contributed by atoms with E-state index in [0.29, 0.717) is 6.04 Å². The Morgan fingerprint density at radius 2 is 2.19 bits per heavy atom. The van der Waals surface area contributed by atoms with E-state index in [0.717, 1.165) is 23.1 Å². The van der Waals surface area contributed by atoms with E-state index in [-0.39, 0.29) is 5.82 Å². The van der Waals surface area contributed by atoms with Gasteiger partial charge in [-0.25, -0.2) is 9.07 Å². The third-order valence-electron chi connectivity index (χ3n) is 3.62. The quantitative estimate of drug-likeness (QED) is 0.656. The average Bonchev–Trinajstić information content (AvgIpc) is 3.14. The number of aromatic nitrogens is 4. The van der Waals surface area contributed by atoms with Crippen molar-refractivity contribution in [2.75, 3.05) is 17.6 Å². The lowest BCUT2D eigenvalue weighted by molar-refractivity contribution is 0.423. The van der Waals surface area contributed by atoms with Crippen molar-refractivity contribution >= 4 is 17.4 Å². The molecular weight excluding hydrogens is 289 g/mol. The topological polar surface area (TPSA) is 55.6 Å². The molecule has 1 fully saturated rings. The number of benzene rings is 1. The molecule has 0 atom stereocenters. The minimum atomic E-state index is -0.224. The maximum absolute atomic E-state index is 13.1. The third kappa shape index (κ3) is 3.72. The summed E-state index contributed by atoms with van der Waals surface area (Å²) >= 11 is 1.63. The molecule has 1 heterocycles. The van der Waals surface area contributed by atoms with Crippen molar-refractivity contribution in [1.82, 2.24) is 20.2 Å². The fraction of sp³-hybridized carbons (Fsp3) is 0.500. The van der Waals surface area contributed by atoms with Gasteiger partial charge in [-0.1, -0.05) is 30.7 Å². The summed E-state index contributed by atoms with van der Waals surface area (Å²) in [5.74, 6) is 0.613. The van der Waals surface area contributed by atoms with Gasteiger partial charge in [-0.15, -0.1) is 5.10 Å². The van der Waals surface area contributed by atoms with Crippen LogP contribution in [0.25, 0.3) is 0 Å². The second-order valence-electron chi connectivity index (χ2n) is 5.13. The SMILES string of the molecule is Fc1cccc(NCCSc2nnnn2C2CCCC2)c1. The van der Waals surface area contributed by atoms with Crippen molar-refractivity contribution < 1.29 is 4.39 Å². The Bertz CT molecular complexity index is 582. The Hall–Kier alpha value is -1.63. The van der Waals surface area contributed by atoms with Gasteiger partial charge >= 0.3 is 0 Å². The van der Waals surface area contributed by atoms with E-state index in [4.69, 9.17) is 0 Å². The zero-order chi connectivity index (χ0) is 14.5. The first-order valence-electron chi connectivity index (χ1n) is 7.23. The average molecular weight is 307 g/mol. The van der Waals surface area contributed by atoms with Gasteiger partial charge < -0.3 is 5.32 Å². The number of tetrazole rings is 1. The van der Waals surface area contributed by atoms with Gasteiger partial charge in [-0.3, -0.25) is 0 Å². The van der Waals surface area contributed by atoms with Gasteiger partial charge in [-0.05, 0) is 41.5 Å². The first-order chi connectivity index (χ1) is 10.3. The van der Waals surface area contributed by atoms with Crippen molar-refractivity contribution in [1.29, 1.82) is 0 Å². The highest BCUT2D eigenvalue weighted by Gasteiger charge is 2.21. The molecule has 0 unspecified atom stereocenters. The van der Waals surface area contributed by atoms with Crippen LogP contribution in [0.5, 0.6) is 0 Å². The number of halogens is 1. The lowest BCUT2D eigenvalue weighted by atomic mass is 10.3. The normalized spacial score (nSPS) is 15.5. The zero-order valence-electron chi connectivity index (χ0n) is 11.7. The zero-order valence-corrected chi connectivity index (χ0v) is 12.5. The van der Waals surface area contributed by atoms with Gasteiger partial charge in [0.25, 0.3) is 0 Å². The Morgan fingerprint density at radius 3 is 3.00 bits per heavy atom. The van der Waals surface area contributed by atoms with E-state index in [9.17, 15) is 4.39 Å². The number of nitrogens with one attached hydrogen (secondary N) is 1. The molecule has 7 heteroatoms. The predicted octanol–water partition coefficient (Wildman–Crippen LogP) is 3.13. The minimum absolute atomic E-state index is 0.224. The number of rotatable bonds is 6. The Balaban J connectivity index is 1.48. The molecule has 0 saturated heterocycles. The molecule has 1 aliphatic carbocycles. The van der Waals surface area contributed by atoms with Gasteiger partial charge in [0.05, 0.1) is 6.04 Å². The minimum Gasteiger partial charge on any atom is -0.384 e. The van der Waals surface area contributed by atoms with Crippen LogP contribution in [0, 0.1) is 5.82 Å². The van der Waals surface area contributed by atoms with Gasteiger partial charge in [0.1, 0.15) is 5.82 Å². The monoisotopic (exact) mass is 307 g/mol. The highest BCUT2D eigenvalue weighted by atomic mass is 32.2. The molecule has 1 saturated carbocycles. The van der Waals surface area contributed by atoms with Crippen molar-refractivity contribution in [3.8, 4) is 0 Å². The smallest absolute Gasteiger partial charge is 0.209 e. The molecule has 0 bridgehead atoms. The maximum Gasteiger partial charge on any atom is 0.209 e. The standard InChI is InChI=1S/C14H18FN5S/c15-11-4-3-5-12(10-11)16-8-9-21-14-17-18-19-20(14)13-6-1-2-7-13/h3-5,10,13,16H,1-2,6-9H2. The van der Waals surface area contributed by atoms with E-state index in [1.165, 1.54) is 37.8 Å². The number of thioether (sulfide) groups is 1. The first kappa shape index (κ1) is 14.3. The molecule has 1 N–H and O–H groups in total. The Kier molecular flexibility index (Phi) is 4.69. The van der Waals surface area contributed by atoms with Crippen LogP contribution in [-0.2, 0) is 0 Å². The van der Waals surface area contributed by atoms with E-state index >= 15 is 0 Å². The second-order valence-corrected chi connectivity index (χ2v) is 6.19. The molecule has 2 aromatic rings. The highest BCUT2D eigenvalue weighted by molar-refractivity contribution is 7.99. The van der Waals surface area contributed by atoms with Crippen LogP contribution >= 0.6 is 11.8 Å². The van der Waals surface area contributed by atoms with Crippen LogP contribution in [0.2, 0.25) is 0 Å². The van der Waals surface area contributed by atoms with Gasteiger partial charge in [0.2, 0.25) is 5.16 Å². The molecule has 1 aliphatic rings. The highest BCUT2D eigenvalue weighted by Crippen LogP contribution is 2.31. The van der Waals surface area contributed by atoms with E-state index in [2.05, 4.69) is 20.8 Å². The summed E-state index contributed by atoms with van der Waals surface area (Å²) in [6.07, 6.45) is 4.85. The molecule has 21 heavy (non-hydrogen) atoms. The molecule has 0 aliphatic heterocycles. The maximum atomic E-state index is 13.1. The summed E-state index contributed by atoms with van der Waals surface area (Å²) in [6.45, 7) is 0.742. The van der Waals surface area contributed by atoms with Gasteiger partial charge in [-0.2, -0.15) is 0 Å². The molecular formula is C14H18FN5S. The summed E-state index contributed by atoms with van der Waals surface area (Å²) in [5.41, 5.74) is 0.797. The largest absolute Gasteiger partial charge is 0.384 e. The van der Waals surface area contributed by atoms with E-state index in [1.807, 2.05) is 10.7 Å². The van der Waals surface area contributed by atoms with Crippen LogP contribution in [0.1, 0.15) is 31.7 Å². The Morgan fingerprint density at radius 1 is 1.33 bits per heavy atom. The predicted molar refractivity (Wildman–Crippen MR) is 80.9 cm³/mol. The van der Waals surface area contributed by atoms with Crippen LogP contribution in [0.3, 0.4) is 0 Å². The summed E-state index contributed by atoms with van der Waals surface area (Å²) in [7, 11) is 0. The van der Waals surface area contributed by atoms with Crippen molar-refractivity contribution in [2.45, 2.75) is 36.9 Å². The molecule has 1 aromatic carbocycles. The molecule has 0 radical (unpaired) electrons. The number of hydrogen-bond acceptors (Lipinski definition) is 5. The van der Waals surface area contributed by atoms with Crippen LogP contribution in [0.15, 0.2) is 29.4 Å². The second kappa shape index (κ2) is 6.89. The molecule has 1 aromatic heterocycles. The van der Waals surface area contributed by atoms with Crippen molar-refractivity contribution in [2.24, 2.45) is 0 Å². The number of nitrogens with zero attached hydrogens (tertiary/aromatic N) is 4. The van der Waals surface area contributed by atoms with Crippen LogP contribution < -0.4 is 5.32 Å². The van der Waals surface area contributed by atoms with E-state index in [1.54, 1.807) is 17.8 Å². The molecule has 3 rings (SSSR count). The van der Waals surface area contributed by atoms with E-state index < -0.39 is 0 Å². The summed E-state index contributed by atoms with van der Waals surface area (Å²) in [6, 6.07) is 6.95. The summed E-state index contributed by atoms with van der Waals surface area (Å²) in [5, 5.41) is 16.1. The molecule has 5 nitrogen and oxygen atoms in total. The van der Waals surface area contributed by atoms with Crippen LogP contribution in [0.4, 0.5) is 10.1 Å². The summed E-state index contributed by atoms with van der Waals surface area (Å²) < 4.78 is 15.0. The van der Waals surface area contributed by atoms with Gasteiger partial charge in [0.15, 0.2) is 0 Å². The third-order valence-corrected chi connectivity index (χ3v) is 4.56. The number of hydrogen-bond donors (Lipinski definition) is 1. The molecule has 0 amide bonds.